The lowest BCUT2D eigenvalue weighted by Crippen LogP contribution is -2.09. The molecule has 2 aliphatic carbocycles. The molecule has 0 aliphatic heterocycles. The van der Waals surface area contributed by atoms with Crippen LogP contribution < -0.4 is 0 Å². The van der Waals surface area contributed by atoms with Gasteiger partial charge in [0.05, 0.1) is 18.9 Å². The van der Waals surface area contributed by atoms with E-state index in [4.69, 9.17) is 5.11 Å². The summed E-state index contributed by atoms with van der Waals surface area (Å²) in [7, 11) is 1.32. The second-order valence-corrected chi connectivity index (χ2v) is 4.26. The van der Waals surface area contributed by atoms with E-state index in [1.807, 2.05) is 0 Å². The molecule has 0 radical (unpaired) electrons. The summed E-state index contributed by atoms with van der Waals surface area (Å²) < 4.78 is 4.64. The first kappa shape index (κ1) is 9.49. The topological polar surface area (TPSA) is 63.6 Å². The van der Waals surface area contributed by atoms with Crippen LogP contribution in [0.5, 0.6) is 0 Å². The molecule has 2 aliphatic rings. The second-order valence-electron chi connectivity index (χ2n) is 4.26. The third-order valence-corrected chi connectivity index (χ3v) is 3.72. The van der Waals surface area contributed by atoms with Crippen LogP contribution in [0, 0.1) is 17.3 Å². The van der Waals surface area contributed by atoms with E-state index in [1.165, 1.54) is 7.11 Å². The van der Waals surface area contributed by atoms with Crippen LogP contribution in [-0.4, -0.2) is 24.2 Å². The molecule has 4 heteroatoms. The van der Waals surface area contributed by atoms with Gasteiger partial charge in [-0.05, 0) is 18.3 Å². The van der Waals surface area contributed by atoms with Gasteiger partial charge in [-0.1, -0.05) is 12.8 Å². The van der Waals surface area contributed by atoms with E-state index < -0.39 is 11.9 Å². The molecule has 14 heavy (non-hydrogen) atoms. The smallest absolute Gasteiger partial charge is 0.310 e. The van der Waals surface area contributed by atoms with Gasteiger partial charge in [-0.15, -0.1) is 0 Å². The largest absolute Gasteiger partial charge is 0.481 e. The number of hydrogen-bond donors (Lipinski definition) is 1. The molecule has 2 saturated carbocycles. The van der Waals surface area contributed by atoms with E-state index in [-0.39, 0.29) is 17.3 Å². The van der Waals surface area contributed by atoms with Gasteiger partial charge < -0.3 is 9.84 Å². The van der Waals surface area contributed by atoms with Crippen molar-refractivity contribution in [1.29, 1.82) is 0 Å². The van der Waals surface area contributed by atoms with Crippen molar-refractivity contribution in [2.24, 2.45) is 17.3 Å². The number of hydrogen-bond acceptors (Lipinski definition) is 3. The van der Waals surface area contributed by atoms with Gasteiger partial charge in [0.1, 0.15) is 0 Å². The van der Waals surface area contributed by atoms with Crippen molar-refractivity contribution in [1.82, 2.24) is 0 Å². The number of carboxylic acid groups (broad SMARTS) is 1. The van der Waals surface area contributed by atoms with Gasteiger partial charge in [0, 0.05) is 0 Å². The molecule has 0 bridgehead atoms. The molecule has 4 nitrogen and oxygen atoms in total. The second kappa shape index (κ2) is 2.97. The third kappa shape index (κ3) is 1.06. The molecule has 0 aromatic carbocycles. The molecule has 0 aromatic heterocycles. The number of methoxy groups -OCH3 is 1. The van der Waals surface area contributed by atoms with Gasteiger partial charge in [0.2, 0.25) is 0 Å². The SMILES string of the molecule is COC(=O)C1C(C(=O)O)C12CCCC2. The highest BCUT2D eigenvalue weighted by molar-refractivity contribution is 5.89. The lowest BCUT2D eigenvalue weighted by atomic mass is 10.0. The van der Waals surface area contributed by atoms with Crippen LogP contribution in [0.4, 0.5) is 0 Å². The lowest BCUT2D eigenvalue weighted by molar-refractivity contribution is -0.146. The average molecular weight is 198 g/mol. The highest BCUT2D eigenvalue weighted by atomic mass is 16.5. The minimum Gasteiger partial charge on any atom is -0.481 e. The zero-order chi connectivity index (χ0) is 10.3. The predicted molar refractivity (Wildman–Crippen MR) is 47.5 cm³/mol. The Morgan fingerprint density at radius 3 is 2.29 bits per heavy atom. The zero-order valence-corrected chi connectivity index (χ0v) is 8.16. The summed E-state index contributed by atoms with van der Waals surface area (Å²) in [5.74, 6) is -2.06. The Morgan fingerprint density at radius 1 is 1.29 bits per heavy atom. The van der Waals surface area contributed by atoms with Crippen molar-refractivity contribution in [3.05, 3.63) is 0 Å². The fraction of sp³-hybridized carbons (Fsp3) is 0.800. The first-order valence-electron chi connectivity index (χ1n) is 4.94. The molecular formula is C10H14O4. The minimum absolute atomic E-state index is 0.251. The van der Waals surface area contributed by atoms with Gasteiger partial charge in [0.15, 0.2) is 0 Å². The van der Waals surface area contributed by atoms with Crippen LogP contribution in [0.2, 0.25) is 0 Å². The first-order chi connectivity index (χ1) is 6.63. The molecule has 0 heterocycles. The summed E-state index contributed by atoms with van der Waals surface area (Å²) in [6.45, 7) is 0. The Labute approximate surface area is 82.2 Å². The van der Waals surface area contributed by atoms with Crippen LogP contribution in [0.25, 0.3) is 0 Å². The Bertz CT molecular complexity index is 278. The summed E-state index contributed by atoms with van der Waals surface area (Å²) in [6, 6.07) is 0. The number of carbonyl (C=O) groups excluding carboxylic acids is 1. The number of aliphatic carboxylic acids is 1. The fourth-order valence-electron chi connectivity index (χ4n) is 3.03. The zero-order valence-electron chi connectivity index (χ0n) is 8.16. The fourth-order valence-corrected chi connectivity index (χ4v) is 3.03. The van der Waals surface area contributed by atoms with E-state index in [0.717, 1.165) is 25.7 Å². The molecule has 2 unspecified atom stereocenters. The number of rotatable bonds is 2. The van der Waals surface area contributed by atoms with E-state index in [0.29, 0.717) is 0 Å². The van der Waals surface area contributed by atoms with Gasteiger partial charge in [0.25, 0.3) is 0 Å². The molecule has 1 N–H and O–H groups in total. The molecule has 1 spiro atoms. The molecule has 2 atom stereocenters. The quantitative estimate of drug-likeness (QED) is 0.673. The maximum Gasteiger partial charge on any atom is 0.310 e. The van der Waals surface area contributed by atoms with E-state index in [2.05, 4.69) is 4.74 Å². The van der Waals surface area contributed by atoms with Gasteiger partial charge in [-0.2, -0.15) is 0 Å². The normalized spacial score (nSPS) is 32.9. The van der Waals surface area contributed by atoms with Crippen LogP contribution in [0.1, 0.15) is 25.7 Å². The predicted octanol–water partition coefficient (Wildman–Crippen LogP) is 1.05. The van der Waals surface area contributed by atoms with E-state index in [1.54, 1.807) is 0 Å². The molecule has 78 valence electrons. The van der Waals surface area contributed by atoms with Gasteiger partial charge in [-0.25, -0.2) is 0 Å². The highest BCUT2D eigenvalue weighted by Gasteiger charge is 2.72. The monoisotopic (exact) mass is 198 g/mol. The Morgan fingerprint density at radius 2 is 1.86 bits per heavy atom. The summed E-state index contributed by atoms with van der Waals surface area (Å²) in [5, 5.41) is 8.99. The van der Waals surface area contributed by atoms with Gasteiger partial charge in [-0.3, -0.25) is 9.59 Å². The number of esters is 1. The van der Waals surface area contributed by atoms with E-state index in [9.17, 15) is 9.59 Å². The number of carbonyl (C=O) groups is 2. The van der Waals surface area contributed by atoms with Crippen LogP contribution in [0.15, 0.2) is 0 Å². The Balaban J connectivity index is 2.18. The number of carboxylic acids is 1. The lowest BCUT2D eigenvalue weighted by Gasteiger charge is -2.05. The molecule has 0 amide bonds. The maximum atomic E-state index is 11.4. The summed E-state index contributed by atoms with van der Waals surface area (Å²) >= 11 is 0. The van der Waals surface area contributed by atoms with Crippen LogP contribution in [-0.2, 0) is 14.3 Å². The van der Waals surface area contributed by atoms with Crippen molar-refractivity contribution in [3.63, 3.8) is 0 Å². The molecule has 2 rings (SSSR count). The minimum atomic E-state index is -0.845. The summed E-state index contributed by atoms with van der Waals surface area (Å²) in [5.41, 5.74) is -0.251. The van der Waals surface area contributed by atoms with Crippen molar-refractivity contribution in [2.45, 2.75) is 25.7 Å². The molecule has 0 aromatic rings. The molecule has 0 saturated heterocycles. The summed E-state index contributed by atoms with van der Waals surface area (Å²) in [6.07, 6.45) is 3.81. The van der Waals surface area contributed by atoms with Crippen LogP contribution >= 0.6 is 0 Å². The third-order valence-electron chi connectivity index (χ3n) is 3.72. The maximum absolute atomic E-state index is 11.4. The van der Waals surface area contributed by atoms with Crippen molar-refractivity contribution < 1.29 is 19.4 Å². The highest BCUT2D eigenvalue weighted by Crippen LogP contribution is 2.67. The average Bonchev–Trinajstić information content (AvgIpc) is 2.51. The first-order valence-corrected chi connectivity index (χ1v) is 4.94. The van der Waals surface area contributed by atoms with Crippen molar-refractivity contribution in [2.75, 3.05) is 7.11 Å². The molecular weight excluding hydrogens is 184 g/mol. The van der Waals surface area contributed by atoms with Gasteiger partial charge >= 0.3 is 11.9 Å². The molecule has 2 fully saturated rings. The summed E-state index contributed by atoms with van der Waals surface area (Å²) in [4.78, 5) is 22.3. The van der Waals surface area contributed by atoms with Crippen molar-refractivity contribution in [3.8, 4) is 0 Å². The Hall–Kier alpha value is -1.06. The van der Waals surface area contributed by atoms with Crippen LogP contribution in [0.3, 0.4) is 0 Å². The Kier molecular flexibility index (Phi) is 2.01. The number of ether oxygens (including phenoxy) is 1. The standard InChI is InChI=1S/C10H14O4/c1-14-9(13)7-6(8(11)12)10(7)4-2-3-5-10/h6-7H,2-5H2,1H3,(H,11,12). The van der Waals surface area contributed by atoms with E-state index >= 15 is 0 Å². The van der Waals surface area contributed by atoms with Crippen molar-refractivity contribution >= 4 is 11.9 Å².